The number of aromatic nitrogens is 3. The van der Waals surface area contributed by atoms with Crippen LogP contribution in [0.4, 0.5) is 5.82 Å². The SMILES string of the molecule is CCCc1nccnc1NS(=O)(=O)c1cncc(OC)c1. The second-order valence-corrected chi connectivity index (χ2v) is 5.95. The van der Waals surface area contributed by atoms with Gasteiger partial charge in [0.2, 0.25) is 0 Å². The fourth-order valence-electron chi connectivity index (χ4n) is 1.72. The zero-order valence-corrected chi connectivity index (χ0v) is 12.6. The Balaban J connectivity index is 2.33. The van der Waals surface area contributed by atoms with Gasteiger partial charge in [0, 0.05) is 24.7 Å². The van der Waals surface area contributed by atoms with E-state index in [0.29, 0.717) is 17.9 Å². The molecule has 0 aliphatic rings. The molecule has 0 spiro atoms. The summed E-state index contributed by atoms with van der Waals surface area (Å²) in [6, 6.07) is 1.39. The summed E-state index contributed by atoms with van der Waals surface area (Å²) in [7, 11) is -2.33. The van der Waals surface area contributed by atoms with Crippen molar-refractivity contribution in [2.45, 2.75) is 24.7 Å². The van der Waals surface area contributed by atoms with E-state index in [4.69, 9.17) is 4.74 Å². The number of aryl methyl sites for hydroxylation is 1. The van der Waals surface area contributed by atoms with Crippen molar-refractivity contribution in [2.75, 3.05) is 11.8 Å². The number of methoxy groups -OCH3 is 1. The summed E-state index contributed by atoms with van der Waals surface area (Å²) >= 11 is 0. The van der Waals surface area contributed by atoms with Gasteiger partial charge in [-0.3, -0.25) is 14.7 Å². The Kier molecular flexibility index (Phi) is 4.69. The second kappa shape index (κ2) is 6.49. The number of anilines is 1. The van der Waals surface area contributed by atoms with Gasteiger partial charge in [0.25, 0.3) is 10.0 Å². The molecule has 2 heterocycles. The predicted molar refractivity (Wildman–Crippen MR) is 77.6 cm³/mol. The molecule has 7 nitrogen and oxygen atoms in total. The maximum Gasteiger partial charge on any atom is 0.264 e. The molecule has 0 bridgehead atoms. The van der Waals surface area contributed by atoms with Crippen molar-refractivity contribution in [1.29, 1.82) is 0 Å². The van der Waals surface area contributed by atoms with Crippen molar-refractivity contribution in [3.8, 4) is 5.75 Å². The van der Waals surface area contributed by atoms with Gasteiger partial charge in [0.05, 0.1) is 19.0 Å². The minimum Gasteiger partial charge on any atom is -0.495 e. The molecule has 1 N–H and O–H groups in total. The van der Waals surface area contributed by atoms with E-state index in [1.807, 2.05) is 6.92 Å². The second-order valence-electron chi connectivity index (χ2n) is 4.27. The lowest BCUT2D eigenvalue weighted by Gasteiger charge is -2.10. The molecule has 2 rings (SSSR count). The van der Waals surface area contributed by atoms with Crippen LogP contribution in [0.2, 0.25) is 0 Å². The summed E-state index contributed by atoms with van der Waals surface area (Å²) in [4.78, 5) is 12.0. The molecule has 0 amide bonds. The summed E-state index contributed by atoms with van der Waals surface area (Å²) in [6.07, 6.45) is 7.15. The molecule has 2 aromatic rings. The third kappa shape index (κ3) is 3.66. The first-order valence-corrected chi connectivity index (χ1v) is 7.87. The number of nitrogens with zero attached hydrogens (tertiary/aromatic N) is 3. The number of pyridine rings is 1. The van der Waals surface area contributed by atoms with Crippen LogP contribution in [-0.4, -0.2) is 30.5 Å². The standard InChI is InChI=1S/C13H16N4O3S/c1-3-4-12-13(16-6-5-15-12)17-21(18,19)11-7-10(20-2)8-14-9-11/h5-9H,3-4H2,1-2H3,(H,16,17). The molecule has 8 heteroatoms. The van der Waals surface area contributed by atoms with Gasteiger partial charge >= 0.3 is 0 Å². The Morgan fingerprint density at radius 2 is 2.00 bits per heavy atom. The first kappa shape index (κ1) is 15.2. The van der Waals surface area contributed by atoms with E-state index in [1.54, 1.807) is 0 Å². The molecule has 0 aromatic carbocycles. The largest absolute Gasteiger partial charge is 0.495 e. The molecule has 0 aliphatic heterocycles. The number of hydrogen-bond donors (Lipinski definition) is 1. The fourth-order valence-corrected chi connectivity index (χ4v) is 2.73. The summed E-state index contributed by atoms with van der Waals surface area (Å²) in [5, 5.41) is 0. The van der Waals surface area contributed by atoms with Crippen LogP contribution in [0.1, 0.15) is 19.0 Å². The Morgan fingerprint density at radius 3 is 2.71 bits per heavy atom. The van der Waals surface area contributed by atoms with Crippen molar-refractivity contribution < 1.29 is 13.2 Å². The molecule has 21 heavy (non-hydrogen) atoms. The molecule has 0 radical (unpaired) electrons. The maximum atomic E-state index is 12.4. The zero-order chi connectivity index (χ0) is 15.3. The highest BCUT2D eigenvalue weighted by Crippen LogP contribution is 2.19. The molecule has 0 saturated carbocycles. The molecule has 0 unspecified atom stereocenters. The summed E-state index contributed by atoms with van der Waals surface area (Å²) in [6.45, 7) is 1.99. The number of nitrogens with one attached hydrogen (secondary N) is 1. The van der Waals surface area contributed by atoms with E-state index >= 15 is 0 Å². The first-order chi connectivity index (χ1) is 10.1. The Labute approximate surface area is 123 Å². The van der Waals surface area contributed by atoms with Crippen molar-refractivity contribution in [3.63, 3.8) is 0 Å². The Morgan fingerprint density at radius 1 is 1.24 bits per heavy atom. The molecule has 0 aliphatic carbocycles. The quantitative estimate of drug-likeness (QED) is 0.871. The van der Waals surface area contributed by atoms with Crippen molar-refractivity contribution in [3.05, 3.63) is 36.5 Å². The third-order valence-electron chi connectivity index (χ3n) is 2.73. The Hall–Kier alpha value is -2.22. The van der Waals surface area contributed by atoms with E-state index in [0.717, 1.165) is 6.42 Å². The van der Waals surface area contributed by atoms with Gasteiger partial charge in [-0.1, -0.05) is 13.3 Å². The van der Waals surface area contributed by atoms with Crippen molar-refractivity contribution in [1.82, 2.24) is 15.0 Å². The van der Waals surface area contributed by atoms with Crippen LogP contribution in [0.15, 0.2) is 35.7 Å². The molecule has 112 valence electrons. The number of rotatable bonds is 6. The number of sulfonamides is 1. The maximum absolute atomic E-state index is 12.4. The van der Waals surface area contributed by atoms with Crippen molar-refractivity contribution >= 4 is 15.8 Å². The van der Waals surface area contributed by atoms with Gasteiger partial charge in [-0.25, -0.2) is 13.4 Å². The van der Waals surface area contributed by atoms with Gasteiger partial charge < -0.3 is 4.74 Å². The van der Waals surface area contributed by atoms with Gasteiger partial charge in [0.1, 0.15) is 10.6 Å². The summed E-state index contributed by atoms with van der Waals surface area (Å²) in [5.74, 6) is 0.605. The van der Waals surface area contributed by atoms with Crippen LogP contribution in [0.5, 0.6) is 5.75 Å². The van der Waals surface area contributed by atoms with Gasteiger partial charge in [-0.15, -0.1) is 0 Å². The highest BCUT2D eigenvalue weighted by Gasteiger charge is 2.18. The minimum absolute atomic E-state index is 0.00921. The fraction of sp³-hybridized carbons (Fsp3) is 0.308. The van der Waals surface area contributed by atoms with E-state index in [9.17, 15) is 8.42 Å². The number of ether oxygens (including phenoxy) is 1. The van der Waals surface area contributed by atoms with Crippen LogP contribution in [-0.2, 0) is 16.4 Å². The monoisotopic (exact) mass is 308 g/mol. The van der Waals surface area contributed by atoms with Crippen LogP contribution in [0.25, 0.3) is 0 Å². The highest BCUT2D eigenvalue weighted by molar-refractivity contribution is 7.92. The van der Waals surface area contributed by atoms with Crippen LogP contribution < -0.4 is 9.46 Å². The lowest BCUT2D eigenvalue weighted by molar-refractivity contribution is 0.411. The molecular weight excluding hydrogens is 292 g/mol. The third-order valence-corrected chi connectivity index (χ3v) is 4.03. The highest BCUT2D eigenvalue weighted by atomic mass is 32.2. The van der Waals surface area contributed by atoms with Crippen LogP contribution in [0, 0.1) is 0 Å². The lowest BCUT2D eigenvalue weighted by Crippen LogP contribution is -2.16. The normalized spacial score (nSPS) is 11.1. The average molecular weight is 308 g/mol. The topological polar surface area (TPSA) is 94.1 Å². The van der Waals surface area contributed by atoms with E-state index in [2.05, 4.69) is 19.7 Å². The van der Waals surface area contributed by atoms with Gasteiger partial charge in [-0.2, -0.15) is 0 Å². The molecule has 2 aromatic heterocycles. The summed E-state index contributed by atoms with van der Waals surface area (Å²) in [5.41, 5.74) is 0.611. The van der Waals surface area contributed by atoms with Gasteiger partial charge in [0.15, 0.2) is 5.82 Å². The van der Waals surface area contributed by atoms with E-state index in [-0.39, 0.29) is 10.7 Å². The number of hydrogen-bond acceptors (Lipinski definition) is 6. The predicted octanol–water partition coefficient (Wildman–Crippen LogP) is 1.63. The lowest BCUT2D eigenvalue weighted by atomic mass is 10.2. The Bertz CT molecular complexity index is 719. The molecule has 0 fully saturated rings. The van der Waals surface area contributed by atoms with Crippen molar-refractivity contribution in [2.24, 2.45) is 0 Å². The van der Waals surface area contributed by atoms with E-state index < -0.39 is 10.0 Å². The van der Waals surface area contributed by atoms with Crippen LogP contribution in [0.3, 0.4) is 0 Å². The van der Waals surface area contributed by atoms with E-state index in [1.165, 1.54) is 38.0 Å². The smallest absolute Gasteiger partial charge is 0.264 e. The summed E-state index contributed by atoms with van der Waals surface area (Å²) < 4.78 is 32.1. The molecule has 0 saturated heterocycles. The molecule has 0 atom stereocenters. The van der Waals surface area contributed by atoms with Crippen LogP contribution >= 0.6 is 0 Å². The zero-order valence-electron chi connectivity index (χ0n) is 11.8. The minimum atomic E-state index is -3.78. The average Bonchev–Trinajstić information content (AvgIpc) is 2.49. The first-order valence-electron chi connectivity index (χ1n) is 6.38. The van der Waals surface area contributed by atoms with Gasteiger partial charge in [-0.05, 0) is 6.42 Å². The molecular formula is C13H16N4O3S.